The summed E-state index contributed by atoms with van der Waals surface area (Å²) in [4.78, 5) is 25.4. The van der Waals surface area contributed by atoms with Gasteiger partial charge < -0.3 is 14.0 Å². The van der Waals surface area contributed by atoms with Gasteiger partial charge in [0.2, 0.25) is 5.88 Å². The van der Waals surface area contributed by atoms with Gasteiger partial charge in [0.1, 0.15) is 0 Å². The first-order chi connectivity index (χ1) is 18.1. The summed E-state index contributed by atoms with van der Waals surface area (Å²) in [5.74, 6) is 0.263. The Morgan fingerprint density at radius 3 is 1.89 bits per heavy atom. The molecule has 1 aromatic carbocycles. The van der Waals surface area contributed by atoms with E-state index in [0.29, 0.717) is 18.5 Å². The first kappa shape index (κ1) is 30.7. The van der Waals surface area contributed by atoms with Gasteiger partial charge in [-0.15, -0.1) is 6.58 Å². The maximum Gasteiger partial charge on any atom is 0.515 e. The quantitative estimate of drug-likeness (QED) is 0.0724. The predicted molar refractivity (Wildman–Crippen MR) is 154 cm³/mol. The zero-order valence-corrected chi connectivity index (χ0v) is 23.4. The molecule has 0 fully saturated rings. The molecule has 37 heavy (non-hydrogen) atoms. The largest absolute Gasteiger partial charge is 0.515 e. The summed E-state index contributed by atoms with van der Waals surface area (Å²) in [7, 11) is 0. The molecular weight excluding hydrogens is 462 g/mol. The topological polar surface area (TPSA) is 57.5 Å². The lowest BCUT2D eigenvalue weighted by Crippen LogP contribution is -2.15. The molecule has 0 amide bonds. The molecule has 0 saturated carbocycles. The van der Waals surface area contributed by atoms with Crippen LogP contribution in [-0.4, -0.2) is 23.1 Å². The molecule has 0 bridgehead atoms. The van der Waals surface area contributed by atoms with Crippen molar-refractivity contribution in [3.8, 4) is 5.88 Å². The smallest absolute Gasteiger partial charge is 0.434 e. The number of rotatable bonds is 21. The van der Waals surface area contributed by atoms with Gasteiger partial charge in [-0.3, -0.25) is 4.79 Å². The third kappa shape index (κ3) is 10.8. The van der Waals surface area contributed by atoms with E-state index < -0.39 is 6.16 Å². The number of nitrogens with zero attached hydrogens (tertiary/aromatic N) is 1. The van der Waals surface area contributed by atoms with Crippen molar-refractivity contribution in [2.24, 2.45) is 0 Å². The number of hydrogen-bond donors (Lipinski definition) is 0. The van der Waals surface area contributed by atoms with Crippen LogP contribution in [0.2, 0.25) is 0 Å². The number of fused-ring (bicyclic) bond motifs is 1. The Labute approximate surface area is 224 Å². The van der Waals surface area contributed by atoms with Gasteiger partial charge in [-0.1, -0.05) is 121 Å². The van der Waals surface area contributed by atoms with Gasteiger partial charge in [-0.05, 0) is 19.4 Å². The van der Waals surface area contributed by atoms with Crippen LogP contribution < -0.4 is 4.74 Å². The molecule has 2 rings (SSSR count). The molecule has 0 spiro atoms. The summed E-state index contributed by atoms with van der Waals surface area (Å²) in [6, 6.07) is 7.66. The van der Waals surface area contributed by atoms with E-state index in [1.807, 2.05) is 28.8 Å². The standard InChI is InChI=1S/C32H49NO4/c1-4-7-8-9-10-11-12-13-14-15-16-17-18-19-20-25-29(34)30-27-23-21-22-24-28(27)33(26-5-2)31(30)37-32(35)36-6-3/h5,21-24H,2,4,6-20,25-26H2,1,3H3. The van der Waals surface area contributed by atoms with E-state index in [2.05, 4.69) is 13.5 Å². The van der Waals surface area contributed by atoms with Crippen LogP contribution in [-0.2, 0) is 11.3 Å². The average Bonchev–Trinajstić information content (AvgIpc) is 3.19. The minimum absolute atomic E-state index is 0.00741. The van der Waals surface area contributed by atoms with E-state index in [4.69, 9.17) is 9.47 Å². The van der Waals surface area contributed by atoms with E-state index in [0.717, 1.165) is 30.2 Å². The highest BCUT2D eigenvalue weighted by molar-refractivity contribution is 6.11. The highest BCUT2D eigenvalue weighted by Crippen LogP contribution is 2.34. The lowest BCUT2D eigenvalue weighted by molar-refractivity contribution is 0.0953. The van der Waals surface area contributed by atoms with Crippen molar-refractivity contribution in [2.75, 3.05) is 6.61 Å². The van der Waals surface area contributed by atoms with Crippen LogP contribution in [0.4, 0.5) is 4.79 Å². The van der Waals surface area contributed by atoms with Crippen molar-refractivity contribution in [3.05, 3.63) is 42.5 Å². The fourth-order valence-corrected chi connectivity index (χ4v) is 4.97. The summed E-state index contributed by atoms with van der Waals surface area (Å²) in [5.41, 5.74) is 1.32. The maximum atomic E-state index is 13.3. The van der Waals surface area contributed by atoms with Crippen LogP contribution in [0.3, 0.4) is 0 Å². The number of benzene rings is 1. The van der Waals surface area contributed by atoms with Gasteiger partial charge in [-0.2, -0.15) is 0 Å². The normalized spacial score (nSPS) is 11.1. The first-order valence-corrected chi connectivity index (χ1v) is 14.7. The molecule has 0 aliphatic rings. The average molecular weight is 512 g/mol. The van der Waals surface area contributed by atoms with Gasteiger partial charge in [0, 0.05) is 18.4 Å². The van der Waals surface area contributed by atoms with Gasteiger partial charge in [0.25, 0.3) is 0 Å². The monoisotopic (exact) mass is 511 g/mol. The third-order valence-corrected chi connectivity index (χ3v) is 6.96. The van der Waals surface area contributed by atoms with Gasteiger partial charge in [0.15, 0.2) is 5.78 Å². The number of carbonyl (C=O) groups is 2. The minimum atomic E-state index is -0.795. The van der Waals surface area contributed by atoms with Gasteiger partial charge in [-0.25, -0.2) is 4.79 Å². The SMILES string of the molecule is C=CCn1c(OC(=O)OCC)c(C(=O)CCCCCCCCCCCCCCCCC)c2ccccc21. The molecule has 5 nitrogen and oxygen atoms in total. The summed E-state index contributed by atoms with van der Waals surface area (Å²) in [5, 5.41) is 0.801. The Balaban J connectivity index is 1.75. The number of ether oxygens (including phenoxy) is 2. The molecule has 0 aliphatic heterocycles. The van der Waals surface area contributed by atoms with Gasteiger partial charge in [0.05, 0.1) is 17.7 Å². The molecule has 206 valence electrons. The van der Waals surface area contributed by atoms with Crippen molar-refractivity contribution in [2.45, 2.75) is 123 Å². The lowest BCUT2D eigenvalue weighted by atomic mass is 10.0. The molecule has 1 aromatic heterocycles. The molecule has 0 unspecified atom stereocenters. The second kappa shape index (κ2) is 18.6. The Hall–Kier alpha value is -2.56. The van der Waals surface area contributed by atoms with E-state index in [-0.39, 0.29) is 18.3 Å². The van der Waals surface area contributed by atoms with Crippen LogP contribution in [0.15, 0.2) is 36.9 Å². The van der Waals surface area contributed by atoms with E-state index in [9.17, 15) is 9.59 Å². The van der Waals surface area contributed by atoms with Crippen LogP contribution in [0.5, 0.6) is 5.88 Å². The van der Waals surface area contributed by atoms with Crippen LogP contribution in [0.25, 0.3) is 10.9 Å². The van der Waals surface area contributed by atoms with Crippen molar-refractivity contribution < 1.29 is 19.1 Å². The van der Waals surface area contributed by atoms with E-state index in [1.165, 1.54) is 77.0 Å². The predicted octanol–water partition coefficient (Wildman–Crippen LogP) is 9.81. The van der Waals surface area contributed by atoms with Crippen molar-refractivity contribution in [1.29, 1.82) is 0 Å². The number of ketones is 1. The second-order valence-corrected chi connectivity index (χ2v) is 10.0. The summed E-state index contributed by atoms with van der Waals surface area (Å²) < 4.78 is 12.3. The van der Waals surface area contributed by atoms with Crippen molar-refractivity contribution in [3.63, 3.8) is 0 Å². The van der Waals surface area contributed by atoms with E-state index >= 15 is 0 Å². The highest BCUT2D eigenvalue weighted by atomic mass is 16.7. The fourth-order valence-electron chi connectivity index (χ4n) is 4.97. The molecular formula is C32H49NO4. The number of unbranched alkanes of at least 4 members (excludes halogenated alkanes) is 14. The number of hydrogen-bond acceptors (Lipinski definition) is 4. The number of carbonyl (C=O) groups excluding carboxylic acids is 2. The molecule has 0 N–H and O–H groups in total. The van der Waals surface area contributed by atoms with E-state index in [1.54, 1.807) is 13.0 Å². The number of aromatic nitrogens is 1. The molecule has 0 atom stereocenters. The first-order valence-electron chi connectivity index (χ1n) is 14.7. The second-order valence-electron chi connectivity index (χ2n) is 10.0. The number of allylic oxidation sites excluding steroid dienone is 1. The Bertz CT molecular complexity index is 946. The fraction of sp³-hybridized carbons (Fsp3) is 0.625. The van der Waals surface area contributed by atoms with Gasteiger partial charge >= 0.3 is 6.16 Å². The molecule has 1 heterocycles. The molecule has 5 heteroatoms. The molecule has 2 aromatic rings. The highest BCUT2D eigenvalue weighted by Gasteiger charge is 2.25. The molecule has 0 saturated heterocycles. The third-order valence-electron chi connectivity index (χ3n) is 6.96. The number of para-hydroxylation sites is 1. The maximum absolute atomic E-state index is 13.3. The molecule has 0 aliphatic carbocycles. The lowest BCUT2D eigenvalue weighted by Gasteiger charge is -2.10. The summed E-state index contributed by atoms with van der Waals surface area (Å²) >= 11 is 0. The molecule has 0 radical (unpaired) electrons. The van der Waals surface area contributed by atoms with Crippen LogP contribution in [0.1, 0.15) is 127 Å². The Morgan fingerprint density at radius 2 is 1.35 bits per heavy atom. The van der Waals surface area contributed by atoms with Crippen LogP contribution >= 0.6 is 0 Å². The Morgan fingerprint density at radius 1 is 0.811 bits per heavy atom. The van der Waals surface area contributed by atoms with Crippen LogP contribution in [0, 0.1) is 0 Å². The van der Waals surface area contributed by atoms with Crippen molar-refractivity contribution >= 4 is 22.8 Å². The zero-order chi connectivity index (χ0) is 26.7. The summed E-state index contributed by atoms with van der Waals surface area (Å²) in [6.45, 7) is 8.46. The summed E-state index contributed by atoms with van der Waals surface area (Å²) in [6.07, 6.45) is 20.7. The minimum Gasteiger partial charge on any atom is -0.434 e. The van der Waals surface area contributed by atoms with Crippen molar-refractivity contribution in [1.82, 2.24) is 4.57 Å². The zero-order valence-electron chi connectivity index (χ0n) is 23.4. The number of Topliss-reactive ketones (excluding diaryl/α,β-unsaturated/α-hetero) is 1. The Kier molecular flexibility index (Phi) is 15.5.